The molecule has 0 aromatic heterocycles. The molecule has 1 atom stereocenters. The van der Waals surface area contributed by atoms with Gasteiger partial charge in [0.25, 0.3) is 0 Å². The van der Waals surface area contributed by atoms with Crippen LogP contribution in [0.3, 0.4) is 0 Å². The second-order valence-corrected chi connectivity index (χ2v) is 5.95. The molecule has 1 rings (SSSR count). The lowest BCUT2D eigenvalue weighted by Gasteiger charge is -2.23. The zero-order valence-electron chi connectivity index (χ0n) is 11.5. The van der Waals surface area contributed by atoms with Gasteiger partial charge in [-0.2, -0.15) is 0 Å². The third-order valence-electron chi connectivity index (χ3n) is 3.12. The highest BCUT2D eigenvalue weighted by Gasteiger charge is 2.20. The second-order valence-electron chi connectivity index (χ2n) is 5.10. The Morgan fingerprint density at radius 3 is 2.61 bits per heavy atom. The highest BCUT2D eigenvalue weighted by molar-refractivity contribution is 9.10. The van der Waals surface area contributed by atoms with E-state index in [0.717, 1.165) is 28.6 Å². The Morgan fingerprint density at radius 1 is 1.33 bits per heavy atom. The molecule has 0 aliphatic rings. The van der Waals surface area contributed by atoms with Crippen molar-refractivity contribution in [1.29, 1.82) is 0 Å². The van der Waals surface area contributed by atoms with Crippen LogP contribution in [0.1, 0.15) is 45.1 Å². The van der Waals surface area contributed by atoms with Crippen LogP contribution in [0, 0.1) is 0 Å². The van der Waals surface area contributed by atoms with Crippen molar-refractivity contribution in [3.63, 3.8) is 0 Å². The first-order valence-corrected chi connectivity index (χ1v) is 7.32. The molecule has 0 spiro atoms. The third kappa shape index (κ3) is 4.99. The van der Waals surface area contributed by atoms with Gasteiger partial charge in [-0.1, -0.05) is 32.3 Å². The lowest BCUT2D eigenvalue weighted by Crippen LogP contribution is -2.27. The highest BCUT2D eigenvalue weighted by Crippen LogP contribution is 2.28. The number of methoxy groups -OCH3 is 1. The maximum absolute atomic E-state index is 10.4. The van der Waals surface area contributed by atoms with Crippen LogP contribution in [-0.4, -0.2) is 17.8 Å². The third-order valence-corrected chi connectivity index (χ3v) is 3.74. The lowest BCUT2D eigenvalue weighted by atomic mass is 9.91. The van der Waals surface area contributed by atoms with Crippen molar-refractivity contribution in [2.75, 3.05) is 7.11 Å². The van der Waals surface area contributed by atoms with Crippen molar-refractivity contribution in [2.24, 2.45) is 0 Å². The minimum Gasteiger partial charge on any atom is -0.496 e. The van der Waals surface area contributed by atoms with Gasteiger partial charge in [0.15, 0.2) is 0 Å². The molecule has 1 unspecified atom stereocenters. The summed E-state index contributed by atoms with van der Waals surface area (Å²) in [4.78, 5) is 0. The Bertz CT molecular complexity index is 375. The van der Waals surface area contributed by atoms with Gasteiger partial charge in [0.1, 0.15) is 5.75 Å². The van der Waals surface area contributed by atoms with Gasteiger partial charge in [0.2, 0.25) is 0 Å². The molecule has 2 nitrogen and oxygen atoms in total. The van der Waals surface area contributed by atoms with Crippen molar-refractivity contribution in [2.45, 2.75) is 51.6 Å². The SMILES string of the molecule is CCCCCC(C)(O)Cc1ccc(OC)c(Br)c1. The first-order chi connectivity index (χ1) is 8.48. The lowest BCUT2D eigenvalue weighted by molar-refractivity contribution is 0.0486. The van der Waals surface area contributed by atoms with Gasteiger partial charge < -0.3 is 9.84 Å². The summed E-state index contributed by atoms with van der Waals surface area (Å²) in [6, 6.07) is 5.96. The molecule has 0 aliphatic heterocycles. The average Bonchev–Trinajstić information content (AvgIpc) is 2.29. The maximum Gasteiger partial charge on any atom is 0.133 e. The van der Waals surface area contributed by atoms with Gasteiger partial charge in [0, 0.05) is 6.42 Å². The summed E-state index contributed by atoms with van der Waals surface area (Å²) in [5.41, 5.74) is 0.507. The quantitative estimate of drug-likeness (QED) is 0.759. The smallest absolute Gasteiger partial charge is 0.133 e. The van der Waals surface area contributed by atoms with Gasteiger partial charge in [-0.15, -0.1) is 0 Å². The fourth-order valence-electron chi connectivity index (χ4n) is 2.10. The van der Waals surface area contributed by atoms with E-state index in [1.54, 1.807) is 7.11 Å². The Labute approximate surface area is 118 Å². The molecule has 0 aliphatic carbocycles. The van der Waals surface area contributed by atoms with E-state index in [4.69, 9.17) is 4.74 Å². The summed E-state index contributed by atoms with van der Waals surface area (Å²) < 4.78 is 6.14. The zero-order chi connectivity index (χ0) is 13.6. The standard InChI is InChI=1S/C15H23BrO2/c1-4-5-6-9-15(2,17)11-12-7-8-14(18-3)13(16)10-12/h7-8,10,17H,4-6,9,11H2,1-3H3. The van der Waals surface area contributed by atoms with E-state index in [-0.39, 0.29) is 0 Å². The number of rotatable bonds is 7. The zero-order valence-corrected chi connectivity index (χ0v) is 13.1. The molecular formula is C15H23BrO2. The molecule has 0 amide bonds. The van der Waals surface area contributed by atoms with Crippen LogP contribution in [0.25, 0.3) is 0 Å². The number of benzene rings is 1. The minimum atomic E-state index is -0.622. The van der Waals surface area contributed by atoms with E-state index in [0.29, 0.717) is 6.42 Å². The molecule has 1 N–H and O–H groups in total. The van der Waals surface area contributed by atoms with Crippen LogP contribution in [0.4, 0.5) is 0 Å². The van der Waals surface area contributed by atoms with Crippen LogP contribution in [-0.2, 0) is 6.42 Å². The summed E-state index contributed by atoms with van der Waals surface area (Å²) in [7, 11) is 1.65. The highest BCUT2D eigenvalue weighted by atomic mass is 79.9. The van der Waals surface area contributed by atoms with Crippen molar-refractivity contribution in [3.8, 4) is 5.75 Å². The summed E-state index contributed by atoms with van der Waals surface area (Å²) in [5, 5.41) is 10.4. The second kappa shape index (κ2) is 7.15. The fourth-order valence-corrected chi connectivity index (χ4v) is 2.69. The number of unbranched alkanes of at least 4 members (excludes halogenated alkanes) is 2. The summed E-state index contributed by atoms with van der Waals surface area (Å²) in [5.74, 6) is 0.823. The van der Waals surface area contributed by atoms with Crippen molar-refractivity contribution in [3.05, 3.63) is 28.2 Å². The summed E-state index contributed by atoms with van der Waals surface area (Å²) in [6.45, 7) is 4.09. The monoisotopic (exact) mass is 314 g/mol. The van der Waals surface area contributed by atoms with E-state index in [1.165, 1.54) is 12.8 Å². The molecule has 0 saturated heterocycles. The number of aliphatic hydroxyl groups is 1. The largest absolute Gasteiger partial charge is 0.496 e. The molecule has 3 heteroatoms. The number of halogens is 1. The van der Waals surface area contributed by atoms with Crippen molar-refractivity contribution < 1.29 is 9.84 Å². The molecule has 1 aromatic rings. The normalized spacial score (nSPS) is 14.3. The Morgan fingerprint density at radius 2 is 2.06 bits per heavy atom. The van der Waals surface area contributed by atoms with E-state index in [2.05, 4.69) is 22.9 Å². The number of hydrogen-bond donors (Lipinski definition) is 1. The van der Waals surface area contributed by atoms with Crippen molar-refractivity contribution >= 4 is 15.9 Å². The predicted molar refractivity (Wildman–Crippen MR) is 79.2 cm³/mol. The number of hydrogen-bond acceptors (Lipinski definition) is 2. The molecule has 0 saturated carbocycles. The van der Waals surface area contributed by atoms with Crippen LogP contribution in [0.2, 0.25) is 0 Å². The van der Waals surface area contributed by atoms with Crippen molar-refractivity contribution in [1.82, 2.24) is 0 Å². The summed E-state index contributed by atoms with van der Waals surface area (Å²) in [6.07, 6.45) is 4.98. The minimum absolute atomic E-state index is 0.622. The van der Waals surface area contributed by atoms with Crippen LogP contribution >= 0.6 is 15.9 Å². The molecule has 18 heavy (non-hydrogen) atoms. The molecule has 1 aromatic carbocycles. The maximum atomic E-state index is 10.4. The number of ether oxygens (including phenoxy) is 1. The van der Waals surface area contributed by atoms with E-state index in [1.807, 2.05) is 25.1 Å². The predicted octanol–water partition coefficient (Wildman–Crippen LogP) is 4.33. The van der Waals surface area contributed by atoms with Gasteiger partial charge in [-0.25, -0.2) is 0 Å². The molecule has 0 heterocycles. The first kappa shape index (κ1) is 15.5. The topological polar surface area (TPSA) is 29.5 Å². The van der Waals surface area contributed by atoms with E-state index in [9.17, 15) is 5.11 Å². The van der Waals surface area contributed by atoms with Crippen LogP contribution < -0.4 is 4.74 Å². The first-order valence-electron chi connectivity index (χ1n) is 6.53. The van der Waals surface area contributed by atoms with E-state index >= 15 is 0 Å². The van der Waals surface area contributed by atoms with Crippen LogP contribution in [0.5, 0.6) is 5.75 Å². The molecule has 0 fully saturated rings. The van der Waals surface area contributed by atoms with Crippen LogP contribution in [0.15, 0.2) is 22.7 Å². The Kier molecular flexibility index (Phi) is 6.16. The molecule has 0 radical (unpaired) electrons. The Balaban J connectivity index is 2.62. The molecule has 0 bridgehead atoms. The summed E-state index contributed by atoms with van der Waals surface area (Å²) >= 11 is 3.47. The molecule has 102 valence electrons. The Hall–Kier alpha value is -0.540. The van der Waals surface area contributed by atoms with Gasteiger partial charge in [-0.05, 0) is 47.0 Å². The van der Waals surface area contributed by atoms with Gasteiger partial charge >= 0.3 is 0 Å². The van der Waals surface area contributed by atoms with Gasteiger partial charge in [-0.3, -0.25) is 0 Å². The fraction of sp³-hybridized carbons (Fsp3) is 0.600. The molecular weight excluding hydrogens is 292 g/mol. The average molecular weight is 315 g/mol. The van der Waals surface area contributed by atoms with E-state index < -0.39 is 5.60 Å². The van der Waals surface area contributed by atoms with Gasteiger partial charge in [0.05, 0.1) is 17.2 Å².